The standard InChI is InChI=1S/C11H17N3/c1-9-5-6-10(14-13-9)12-11(2)7-3-4-8-11/h5-6H,3-4,7-8H2,1-2H3,(H,12,14). The number of rotatable bonds is 2. The van der Waals surface area contributed by atoms with Gasteiger partial charge in [-0.1, -0.05) is 12.8 Å². The first-order valence-electron chi connectivity index (χ1n) is 5.27. The van der Waals surface area contributed by atoms with E-state index in [0.29, 0.717) is 0 Å². The van der Waals surface area contributed by atoms with Crippen LogP contribution in [0, 0.1) is 6.92 Å². The van der Waals surface area contributed by atoms with Crippen LogP contribution in [0.3, 0.4) is 0 Å². The summed E-state index contributed by atoms with van der Waals surface area (Å²) in [4.78, 5) is 0. The van der Waals surface area contributed by atoms with E-state index >= 15 is 0 Å². The molecule has 1 aliphatic rings. The van der Waals surface area contributed by atoms with Gasteiger partial charge in [-0.15, -0.1) is 5.10 Å². The van der Waals surface area contributed by atoms with Gasteiger partial charge in [0, 0.05) is 5.54 Å². The third-order valence-corrected chi connectivity index (χ3v) is 2.93. The fourth-order valence-electron chi connectivity index (χ4n) is 2.06. The molecule has 1 aliphatic carbocycles. The molecule has 1 fully saturated rings. The molecule has 0 radical (unpaired) electrons. The van der Waals surface area contributed by atoms with Gasteiger partial charge in [0.25, 0.3) is 0 Å². The minimum absolute atomic E-state index is 0.240. The largest absolute Gasteiger partial charge is 0.363 e. The van der Waals surface area contributed by atoms with Crippen molar-refractivity contribution in [3.05, 3.63) is 17.8 Å². The highest BCUT2D eigenvalue weighted by molar-refractivity contribution is 5.36. The molecule has 3 nitrogen and oxygen atoms in total. The second kappa shape index (κ2) is 3.56. The van der Waals surface area contributed by atoms with Crippen molar-refractivity contribution in [3.63, 3.8) is 0 Å². The maximum atomic E-state index is 4.13. The second-order valence-corrected chi connectivity index (χ2v) is 4.45. The van der Waals surface area contributed by atoms with Crippen molar-refractivity contribution in [2.75, 3.05) is 5.32 Å². The quantitative estimate of drug-likeness (QED) is 0.780. The summed E-state index contributed by atoms with van der Waals surface area (Å²) >= 11 is 0. The first kappa shape index (κ1) is 9.44. The molecule has 1 N–H and O–H groups in total. The predicted octanol–water partition coefficient (Wildman–Crippen LogP) is 2.53. The van der Waals surface area contributed by atoms with E-state index in [1.54, 1.807) is 0 Å². The molecule has 0 atom stereocenters. The molecular formula is C11H17N3. The normalized spacial score (nSPS) is 19.6. The van der Waals surface area contributed by atoms with E-state index in [0.717, 1.165) is 11.5 Å². The van der Waals surface area contributed by atoms with E-state index < -0.39 is 0 Å². The SMILES string of the molecule is Cc1ccc(NC2(C)CCCC2)nn1. The summed E-state index contributed by atoms with van der Waals surface area (Å²) in [6.45, 7) is 4.22. The van der Waals surface area contributed by atoms with Crippen LogP contribution in [0.4, 0.5) is 5.82 Å². The van der Waals surface area contributed by atoms with Crippen molar-refractivity contribution in [2.45, 2.75) is 45.1 Å². The number of nitrogens with zero attached hydrogens (tertiary/aromatic N) is 2. The maximum absolute atomic E-state index is 4.13. The number of hydrogen-bond donors (Lipinski definition) is 1. The molecule has 3 heteroatoms. The first-order valence-corrected chi connectivity index (χ1v) is 5.27. The van der Waals surface area contributed by atoms with Crippen LogP contribution >= 0.6 is 0 Å². The molecule has 14 heavy (non-hydrogen) atoms. The third-order valence-electron chi connectivity index (χ3n) is 2.93. The van der Waals surface area contributed by atoms with Gasteiger partial charge in [-0.3, -0.25) is 0 Å². The summed E-state index contributed by atoms with van der Waals surface area (Å²) in [5, 5.41) is 11.6. The Morgan fingerprint density at radius 2 is 1.93 bits per heavy atom. The summed E-state index contributed by atoms with van der Waals surface area (Å²) in [6.07, 6.45) is 5.12. The lowest BCUT2D eigenvalue weighted by atomic mass is 10.0. The number of hydrogen-bond acceptors (Lipinski definition) is 3. The minimum atomic E-state index is 0.240. The van der Waals surface area contributed by atoms with Gasteiger partial charge in [-0.05, 0) is 38.8 Å². The molecule has 1 aromatic heterocycles. The highest BCUT2D eigenvalue weighted by atomic mass is 15.2. The zero-order chi connectivity index (χ0) is 10.0. The Balaban J connectivity index is 2.06. The zero-order valence-corrected chi connectivity index (χ0v) is 8.88. The van der Waals surface area contributed by atoms with Gasteiger partial charge in [0.05, 0.1) is 5.69 Å². The third kappa shape index (κ3) is 2.03. The van der Waals surface area contributed by atoms with Crippen LogP contribution < -0.4 is 5.32 Å². The molecule has 0 aromatic carbocycles. The predicted molar refractivity (Wildman–Crippen MR) is 57.3 cm³/mol. The van der Waals surface area contributed by atoms with Gasteiger partial charge in [0.15, 0.2) is 0 Å². The molecule has 0 saturated heterocycles. The Kier molecular flexibility index (Phi) is 2.40. The van der Waals surface area contributed by atoms with Crippen LogP contribution in [-0.4, -0.2) is 15.7 Å². The molecular weight excluding hydrogens is 174 g/mol. The number of aryl methyl sites for hydroxylation is 1. The highest BCUT2D eigenvalue weighted by Gasteiger charge is 2.28. The Hall–Kier alpha value is -1.12. The molecule has 0 aliphatic heterocycles. The number of nitrogens with one attached hydrogen (secondary N) is 1. The molecule has 0 spiro atoms. The van der Waals surface area contributed by atoms with E-state index in [-0.39, 0.29) is 5.54 Å². The first-order chi connectivity index (χ1) is 6.68. The van der Waals surface area contributed by atoms with Gasteiger partial charge in [-0.25, -0.2) is 0 Å². The van der Waals surface area contributed by atoms with Crippen LogP contribution in [0.2, 0.25) is 0 Å². The van der Waals surface area contributed by atoms with Gasteiger partial charge in [0.1, 0.15) is 5.82 Å². The van der Waals surface area contributed by atoms with Gasteiger partial charge >= 0.3 is 0 Å². The molecule has 1 aromatic rings. The summed E-state index contributed by atoms with van der Waals surface area (Å²) in [5.41, 5.74) is 1.20. The van der Waals surface area contributed by atoms with Crippen LogP contribution in [-0.2, 0) is 0 Å². The van der Waals surface area contributed by atoms with E-state index in [4.69, 9.17) is 0 Å². The van der Waals surface area contributed by atoms with E-state index in [2.05, 4.69) is 22.4 Å². The van der Waals surface area contributed by atoms with Crippen molar-refractivity contribution in [3.8, 4) is 0 Å². The van der Waals surface area contributed by atoms with Crippen molar-refractivity contribution in [1.82, 2.24) is 10.2 Å². The molecule has 1 saturated carbocycles. The second-order valence-electron chi connectivity index (χ2n) is 4.45. The summed E-state index contributed by atoms with van der Waals surface area (Å²) in [6, 6.07) is 4.00. The molecule has 76 valence electrons. The van der Waals surface area contributed by atoms with Gasteiger partial charge in [0.2, 0.25) is 0 Å². The average Bonchev–Trinajstić information content (AvgIpc) is 2.57. The van der Waals surface area contributed by atoms with Crippen LogP contribution in [0.15, 0.2) is 12.1 Å². The van der Waals surface area contributed by atoms with Gasteiger partial charge in [-0.2, -0.15) is 5.10 Å². The molecule has 2 rings (SSSR count). The summed E-state index contributed by atoms with van der Waals surface area (Å²) in [7, 11) is 0. The Morgan fingerprint density at radius 1 is 1.21 bits per heavy atom. The zero-order valence-electron chi connectivity index (χ0n) is 8.88. The van der Waals surface area contributed by atoms with Crippen LogP contribution in [0.1, 0.15) is 38.3 Å². The van der Waals surface area contributed by atoms with Crippen molar-refractivity contribution >= 4 is 5.82 Å². The topological polar surface area (TPSA) is 37.8 Å². The number of aromatic nitrogens is 2. The molecule has 1 heterocycles. The molecule has 0 amide bonds. The van der Waals surface area contributed by atoms with E-state index in [1.807, 2.05) is 19.1 Å². The molecule has 0 bridgehead atoms. The highest BCUT2D eigenvalue weighted by Crippen LogP contribution is 2.31. The minimum Gasteiger partial charge on any atom is -0.363 e. The maximum Gasteiger partial charge on any atom is 0.149 e. The average molecular weight is 191 g/mol. The summed E-state index contributed by atoms with van der Waals surface area (Å²) in [5.74, 6) is 0.903. The Morgan fingerprint density at radius 3 is 2.50 bits per heavy atom. The van der Waals surface area contributed by atoms with Crippen molar-refractivity contribution in [1.29, 1.82) is 0 Å². The molecule has 0 unspecified atom stereocenters. The van der Waals surface area contributed by atoms with Crippen molar-refractivity contribution < 1.29 is 0 Å². The fourth-order valence-corrected chi connectivity index (χ4v) is 2.06. The monoisotopic (exact) mass is 191 g/mol. The smallest absolute Gasteiger partial charge is 0.149 e. The van der Waals surface area contributed by atoms with E-state index in [1.165, 1.54) is 25.7 Å². The van der Waals surface area contributed by atoms with Crippen LogP contribution in [0.25, 0.3) is 0 Å². The van der Waals surface area contributed by atoms with Crippen molar-refractivity contribution in [2.24, 2.45) is 0 Å². The fraction of sp³-hybridized carbons (Fsp3) is 0.636. The Labute approximate surface area is 84.9 Å². The Bertz CT molecular complexity index is 299. The number of anilines is 1. The van der Waals surface area contributed by atoms with Crippen LogP contribution in [0.5, 0.6) is 0 Å². The van der Waals surface area contributed by atoms with Gasteiger partial charge < -0.3 is 5.32 Å². The lowest BCUT2D eigenvalue weighted by molar-refractivity contribution is 0.529. The van der Waals surface area contributed by atoms with E-state index in [9.17, 15) is 0 Å². The lowest BCUT2D eigenvalue weighted by Gasteiger charge is -2.25. The lowest BCUT2D eigenvalue weighted by Crippen LogP contribution is -2.31. The summed E-state index contributed by atoms with van der Waals surface area (Å²) < 4.78 is 0.